The first-order valence-corrected chi connectivity index (χ1v) is 4.71. The van der Waals surface area contributed by atoms with E-state index in [4.69, 9.17) is 0 Å². The van der Waals surface area contributed by atoms with Crippen LogP contribution in [0.25, 0.3) is 0 Å². The van der Waals surface area contributed by atoms with Crippen molar-refractivity contribution in [2.24, 2.45) is 0 Å². The van der Waals surface area contributed by atoms with Gasteiger partial charge < -0.3 is 0 Å². The third-order valence-corrected chi connectivity index (χ3v) is 2.29. The SMILES string of the molecule is CC(Cn1cccn1)N1C(=O)C=CC1=O. The summed E-state index contributed by atoms with van der Waals surface area (Å²) in [5.74, 6) is -0.501. The summed E-state index contributed by atoms with van der Waals surface area (Å²) < 4.78 is 1.70. The summed E-state index contributed by atoms with van der Waals surface area (Å²) >= 11 is 0. The highest BCUT2D eigenvalue weighted by Gasteiger charge is 2.28. The largest absolute Gasteiger partial charge is 0.271 e. The minimum absolute atomic E-state index is 0.181. The standard InChI is InChI=1S/C10H11N3O2/c1-8(7-12-6-2-5-11-12)13-9(14)3-4-10(13)15/h2-6,8H,7H2,1H3. The fraction of sp³-hybridized carbons (Fsp3) is 0.300. The van der Waals surface area contributed by atoms with Crippen molar-refractivity contribution in [3.63, 3.8) is 0 Å². The van der Waals surface area contributed by atoms with E-state index in [-0.39, 0.29) is 17.9 Å². The van der Waals surface area contributed by atoms with E-state index in [1.807, 2.05) is 6.92 Å². The van der Waals surface area contributed by atoms with Gasteiger partial charge in [0.2, 0.25) is 0 Å². The van der Waals surface area contributed by atoms with Gasteiger partial charge >= 0.3 is 0 Å². The number of aromatic nitrogens is 2. The number of nitrogens with zero attached hydrogens (tertiary/aromatic N) is 3. The van der Waals surface area contributed by atoms with Crippen LogP contribution in [-0.4, -0.2) is 32.5 Å². The van der Waals surface area contributed by atoms with E-state index in [0.29, 0.717) is 6.54 Å². The molecule has 0 bridgehead atoms. The first kappa shape index (κ1) is 9.64. The van der Waals surface area contributed by atoms with Crippen LogP contribution in [0.15, 0.2) is 30.6 Å². The predicted octanol–water partition coefficient (Wildman–Crippen LogP) is 0.197. The van der Waals surface area contributed by atoms with Gasteiger partial charge in [0.1, 0.15) is 0 Å². The predicted molar refractivity (Wildman–Crippen MR) is 52.7 cm³/mol. The number of carbonyl (C=O) groups excluding carboxylic acids is 2. The molecule has 15 heavy (non-hydrogen) atoms. The number of carbonyl (C=O) groups is 2. The van der Waals surface area contributed by atoms with Crippen molar-refractivity contribution in [2.45, 2.75) is 19.5 Å². The molecule has 0 aromatic carbocycles. The van der Waals surface area contributed by atoms with Gasteiger partial charge in [-0.15, -0.1) is 0 Å². The fourth-order valence-electron chi connectivity index (χ4n) is 1.61. The molecular weight excluding hydrogens is 194 g/mol. The van der Waals surface area contributed by atoms with Crippen molar-refractivity contribution < 1.29 is 9.59 Å². The average molecular weight is 205 g/mol. The first-order chi connectivity index (χ1) is 7.18. The maximum Gasteiger partial charge on any atom is 0.253 e. The minimum atomic E-state index is -0.250. The smallest absolute Gasteiger partial charge is 0.253 e. The molecule has 1 aliphatic rings. The lowest BCUT2D eigenvalue weighted by Gasteiger charge is -2.22. The number of hydrogen-bond donors (Lipinski definition) is 0. The van der Waals surface area contributed by atoms with Crippen molar-refractivity contribution in [1.29, 1.82) is 0 Å². The molecule has 5 nitrogen and oxygen atoms in total. The van der Waals surface area contributed by atoms with Crippen LogP contribution in [0.3, 0.4) is 0 Å². The van der Waals surface area contributed by atoms with Gasteiger partial charge in [0.25, 0.3) is 11.8 Å². The lowest BCUT2D eigenvalue weighted by atomic mass is 10.3. The highest BCUT2D eigenvalue weighted by molar-refractivity contribution is 6.13. The topological polar surface area (TPSA) is 55.2 Å². The molecular formula is C10H11N3O2. The number of rotatable bonds is 3. The summed E-state index contributed by atoms with van der Waals surface area (Å²) in [6.07, 6.45) is 6.05. The van der Waals surface area contributed by atoms with E-state index in [2.05, 4.69) is 5.10 Å². The van der Waals surface area contributed by atoms with E-state index in [0.717, 1.165) is 0 Å². The van der Waals surface area contributed by atoms with Gasteiger partial charge in [0.05, 0.1) is 12.6 Å². The highest BCUT2D eigenvalue weighted by atomic mass is 16.2. The number of hydrogen-bond acceptors (Lipinski definition) is 3. The first-order valence-electron chi connectivity index (χ1n) is 4.71. The summed E-state index contributed by atoms with van der Waals surface area (Å²) in [6.45, 7) is 2.34. The van der Waals surface area contributed by atoms with Gasteiger partial charge in [-0.25, -0.2) is 0 Å². The van der Waals surface area contributed by atoms with E-state index in [1.54, 1.807) is 23.1 Å². The van der Waals surface area contributed by atoms with Crippen molar-refractivity contribution in [3.05, 3.63) is 30.6 Å². The Bertz CT molecular complexity index is 390. The fourth-order valence-corrected chi connectivity index (χ4v) is 1.61. The second kappa shape index (κ2) is 3.68. The molecule has 5 heteroatoms. The zero-order valence-electron chi connectivity index (χ0n) is 8.33. The molecule has 0 saturated carbocycles. The Labute approximate surface area is 87.0 Å². The third kappa shape index (κ3) is 1.81. The van der Waals surface area contributed by atoms with Gasteiger partial charge in [0, 0.05) is 24.5 Å². The molecule has 0 saturated heterocycles. The molecule has 1 atom stereocenters. The van der Waals surface area contributed by atoms with Crippen molar-refractivity contribution >= 4 is 11.8 Å². The molecule has 1 unspecified atom stereocenters. The lowest BCUT2D eigenvalue weighted by molar-refractivity contribution is -0.139. The summed E-state index contributed by atoms with van der Waals surface area (Å²) in [5.41, 5.74) is 0. The molecule has 1 aliphatic heterocycles. The Morgan fingerprint density at radius 1 is 1.33 bits per heavy atom. The summed E-state index contributed by atoms with van der Waals surface area (Å²) in [7, 11) is 0. The molecule has 0 aliphatic carbocycles. The maximum atomic E-state index is 11.3. The van der Waals surface area contributed by atoms with Crippen LogP contribution in [0.5, 0.6) is 0 Å². The number of imide groups is 1. The Morgan fingerprint density at radius 2 is 2.00 bits per heavy atom. The van der Waals surface area contributed by atoms with Gasteiger partial charge in [-0.1, -0.05) is 0 Å². The van der Waals surface area contributed by atoms with E-state index < -0.39 is 0 Å². The Balaban J connectivity index is 2.05. The summed E-state index contributed by atoms with van der Waals surface area (Å²) in [6, 6.07) is 1.62. The van der Waals surface area contributed by atoms with Crippen LogP contribution in [0.4, 0.5) is 0 Å². The summed E-state index contributed by atoms with van der Waals surface area (Å²) in [4.78, 5) is 23.9. The molecule has 0 radical (unpaired) electrons. The van der Waals surface area contributed by atoms with Crippen LogP contribution in [0.2, 0.25) is 0 Å². The molecule has 2 heterocycles. The Morgan fingerprint density at radius 3 is 2.53 bits per heavy atom. The van der Waals surface area contributed by atoms with Crippen LogP contribution in [0.1, 0.15) is 6.92 Å². The molecule has 2 amide bonds. The zero-order valence-corrected chi connectivity index (χ0v) is 8.33. The second-order valence-corrected chi connectivity index (χ2v) is 3.46. The van der Waals surface area contributed by atoms with Crippen LogP contribution < -0.4 is 0 Å². The Hall–Kier alpha value is -1.91. The van der Waals surface area contributed by atoms with Gasteiger partial charge in [-0.3, -0.25) is 19.2 Å². The maximum absolute atomic E-state index is 11.3. The van der Waals surface area contributed by atoms with Gasteiger partial charge in [0.15, 0.2) is 0 Å². The van der Waals surface area contributed by atoms with E-state index in [1.165, 1.54) is 17.1 Å². The number of amides is 2. The average Bonchev–Trinajstić information content (AvgIpc) is 2.77. The third-order valence-electron chi connectivity index (χ3n) is 2.29. The molecule has 78 valence electrons. The lowest BCUT2D eigenvalue weighted by Crippen LogP contribution is -2.40. The highest BCUT2D eigenvalue weighted by Crippen LogP contribution is 2.10. The zero-order chi connectivity index (χ0) is 10.8. The molecule has 2 rings (SSSR count). The van der Waals surface area contributed by atoms with Crippen molar-refractivity contribution in [1.82, 2.24) is 14.7 Å². The van der Waals surface area contributed by atoms with Crippen LogP contribution in [-0.2, 0) is 16.1 Å². The second-order valence-electron chi connectivity index (χ2n) is 3.46. The van der Waals surface area contributed by atoms with E-state index in [9.17, 15) is 9.59 Å². The molecule has 1 aromatic heterocycles. The summed E-state index contributed by atoms with van der Waals surface area (Å²) in [5, 5.41) is 4.02. The van der Waals surface area contributed by atoms with Gasteiger partial charge in [-0.05, 0) is 13.0 Å². The minimum Gasteiger partial charge on any atom is -0.271 e. The molecule has 0 spiro atoms. The van der Waals surface area contributed by atoms with Crippen molar-refractivity contribution in [3.8, 4) is 0 Å². The molecule has 0 N–H and O–H groups in total. The quantitative estimate of drug-likeness (QED) is 0.662. The van der Waals surface area contributed by atoms with E-state index >= 15 is 0 Å². The van der Waals surface area contributed by atoms with Crippen molar-refractivity contribution in [2.75, 3.05) is 0 Å². The van der Waals surface area contributed by atoms with Gasteiger partial charge in [-0.2, -0.15) is 5.10 Å². The van der Waals surface area contributed by atoms with Crippen LogP contribution >= 0.6 is 0 Å². The molecule has 0 fully saturated rings. The Kier molecular flexibility index (Phi) is 2.37. The van der Waals surface area contributed by atoms with Crippen LogP contribution in [0, 0.1) is 0 Å². The monoisotopic (exact) mass is 205 g/mol. The normalized spacial score (nSPS) is 17.5. The molecule has 1 aromatic rings.